The summed E-state index contributed by atoms with van der Waals surface area (Å²) in [5.74, 6) is 0.342. The molecular weight excluding hydrogens is 331 g/mol. The number of hydrogen-bond donors (Lipinski definition) is 1. The Labute approximate surface area is 147 Å². The molecule has 1 saturated carbocycles. The first-order chi connectivity index (χ1) is 11.1. The Bertz CT molecular complexity index is 634. The highest BCUT2D eigenvalue weighted by Gasteiger charge is 2.40. The first-order valence-corrected chi connectivity index (χ1v) is 8.99. The summed E-state index contributed by atoms with van der Waals surface area (Å²) in [6.45, 7) is 1.41. The minimum atomic E-state index is -0.0462. The van der Waals surface area contributed by atoms with Crippen LogP contribution >= 0.6 is 23.2 Å². The zero-order chi connectivity index (χ0) is 16.3. The van der Waals surface area contributed by atoms with Crippen molar-refractivity contribution >= 4 is 28.9 Å². The fraction of sp³-hybridized carbons (Fsp3) is 0.500. The van der Waals surface area contributed by atoms with E-state index in [2.05, 4.69) is 0 Å². The number of nitrogens with two attached hydrogens (primary N) is 1. The molecule has 1 unspecified atom stereocenters. The molecule has 5 heteroatoms. The average Bonchev–Trinajstić information content (AvgIpc) is 3.01. The van der Waals surface area contributed by atoms with E-state index in [9.17, 15) is 0 Å². The van der Waals surface area contributed by atoms with Gasteiger partial charge in [-0.25, -0.2) is 0 Å². The van der Waals surface area contributed by atoms with Crippen molar-refractivity contribution in [2.24, 2.45) is 10.7 Å². The van der Waals surface area contributed by atoms with E-state index in [1.165, 1.54) is 0 Å². The van der Waals surface area contributed by atoms with E-state index in [0.29, 0.717) is 12.4 Å². The summed E-state index contributed by atoms with van der Waals surface area (Å²) >= 11 is 12.2. The van der Waals surface area contributed by atoms with Crippen molar-refractivity contribution in [2.45, 2.75) is 44.2 Å². The number of allylic oxidation sites excluding steroid dienone is 2. The molecule has 124 valence electrons. The van der Waals surface area contributed by atoms with Crippen LogP contribution in [-0.4, -0.2) is 23.8 Å². The second-order valence-corrected chi connectivity index (χ2v) is 6.98. The van der Waals surface area contributed by atoms with Crippen LogP contribution in [0.3, 0.4) is 0 Å². The number of ether oxygens (including phenoxy) is 1. The Morgan fingerprint density at radius 2 is 2.13 bits per heavy atom. The first kappa shape index (κ1) is 16.8. The molecule has 1 saturated heterocycles. The highest BCUT2D eigenvalue weighted by molar-refractivity contribution is 6.31. The average molecular weight is 353 g/mol. The molecule has 1 atom stereocenters. The van der Waals surface area contributed by atoms with Gasteiger partial charge >= 0.3 is 0 Å². The van der Waals surface area contributed by atoms with Gasteiger partial charge in [-0.1, -0.05) is 29.8 Å². The van der Waals surface area contributed by atoms with Crippen molar-refractivity contribution in [3.8, 4) is 0 Å². The molecule has 1 heterocycles. The van der Waals surface area contributed by atoms with E-state index < -0.39 is 0 Å². The summed E-state index contributed by atoms with van der Waals surface area (Å²) in [6, 6.07) is 7.81. The van der Waals surface area contributed by atoms with Crippen molar-refractivity contribution in [1.29, 1.82) is 0 Å². The Kier molecular flexibility index (Phi) is 5.30. The van der Waals surface area contributed by atoms with E-state index >= 15 is 0 Å². The van der Waals surface area contributed by atoms with Gasteiger partial charge in [0.05, 0.1) is 18.0 Å². The molecule has 3 nitrogen and oxygen atoms in total. The van der Waals surface area contributed by atoms with Crippen LogP contribution in [-0.2, 0) is 11.3 Å². The molecule has 0 radical (unpaired) electrons. The lowest BCUT2D eigenvalue weighted by atomic mass is 9.78. The lowest BCUT2D eigenvalue weighted by molar-refractivity contribution is 0.000437. The number of halogens is 2. The molecule has 1 aliphatic carbocycles. The van der Waals surface area contributed by atoms with Crippen molar-refractivity contribution in [3.05, 3.63) is 46.1 Å². The van der Waals surface area contributed by atoms with Gasteiger partial charge in [0.1, 0.15) is 0 Å². The maximum atomic E-state index is 6.24. The van der Waals surface area contributed by atoms with Crippen LogP contribution in [0.5, 0.6) is 0 Å². The Balaban J connectivity index is 1.87. The largest absolute Gasteiger partial charge is 0.401 e. The molecular formula is C18H22Cl2N2O. The maximum absolute atomic E-state index is 6.24. The molecule has 2 N–H and O–H groups in total. The monoisotopic (exact) mass is 352 g/mol. The topological polar surface area (TPSA) is 47.6 Å². The predicted octanol–water partition coefficient (Wildman–Crippen LogP) is 4.47. The molecule has 23 heavy (non-hydrogen) atoms. The lowest BCUT2D eigenvalue weighted by Gasteiger charge is -2.35. The van der Waals surface area contributed by atoms with Crippen molar-refractivity contribution < 1.29 is 4.74 Å². The Morgan fingerprint density at radius 3 is 2.83 bits per heavy atom. The van der Waals surface area contributed by atoms with E-state index in [4.69, 9.17) is 38.7 Å². The fourth-order valence-corrected chi connectivity index (χ4v) is 3.83. The summed E-state index contributed by atoms with van der Waals surface area (Å²) in [7, 11) is 0. The fourth-order valence-electron chi connectivity index (χ4n) is 3.47. The SMILES string of the molecule is N/C(CCl)=C1/CCC2(CCCO2)CC1=NCc1ccccc1Cl. The third-order valence-electron chi connectivity index (χ3n) is 4.78. The van der Waals surface area contributed by atoms with E-state index in [-0.39, 0.29) is 5.60 Å². The van der Waals surface area contributed by atoms with Crippen molar-refractivity contribution in [1.82, 2.24) is 0 Å². The van der Waals surface area contributed by atoms with Gasteiger partial charge in [-0.2, -0.15) is 0 Å². The highest BCUT2D eigenvalue weighted by atomic mass is 35.5. The van der Waals surface area contributed by atoms with Crippen molar-refractivity contribution in [3.63, 3.8) is 0 Å². The molecule has 0 bridgehead atoms. The normalized spacial score (nSPS) is 28.5. The van der Waals surface area contributed by atoms with Gasteiger partial charge in [-0.05, 0) is 42.9 Å². The summed E-state index contributed by atoms with van der Waals surface area (Å²) in [6.07, 6.45) is 4.95. The Hall–Kier alpha value is -1.03. The van der Waals surface area contributed by atoms with Gasteiger partial charge in [0.25, 0.3) is 0 Å². The van der Waals surface area contributed by atoms with Gasteiger partial charge < -0.3 is 10.5 Å². The van der Waals surface area contributed by atoms with Crippen LogP contribution in [0.2, 0.25) is 5.02 Å². The summed E-state index contributed by atoms with van der Waals surface area (Å²) < 4.78 is 6.05. The second-order valence-electron chi connectivity index (χ2n) is 6.30. The molecule has 1 spiro atoms. The van der Waals surface area contributed by atoms with E-state index in [1.54, 1.807) is 0 Å². The molecule has 2 aliphatic rings. The van der Waals surface area contributed by atoms with Crippen LogP contribution in [0.4, 0.5) is 0 Å². The standard InChI is InChI=1S/C18H22Cl2N2O/c19-11-16(21)14-6-8-18(7-3-9-23-18)10-17(14)22-12-13-4-1-2-5-15(13)20/h1-2,4-5H,3,6-12,21H2/b16-14-,22-17?. The quantitative estimate of drug-likeness (QED) is 0.816. The first-order valence-electron chi connectivity index (χ1n) is 8.08. The molecule has 1 aliphatic heterocycles. The molecule has 3 rings (SSSR count). The summed E-state index contributed by atoms with van der Waals surface area (Å²) in [4.78, 5) is 4.84. The van der Waals surface area contributed by atoms with Crippen LogP contribution < -0.4 is 5.73 Å². The number of nitrogens with zero attached hydrogens (tertiary/aromatic N) is 1. The van der Waals surface area contributed by atoms with Crippen LogP contribution in [0.1, 0.15) is 37.7 Å². The zero-order valence-electron chi connectivity index (χ0n) is 13.2. The number of hydrogen-bond acceptors (Lipinski definition) is 3. The number of rotatable bonds is 3. The lowest BCUT2D eigenvalue weighted by Crippen LogP contribution is -2.37. The molecule has 0 amide bonds. The molecule has 2 fully saturated rings. The van der Waals surface area contributed by atoms with E-state index in [0.717, 1.165) is 66.3 Å². The summed E-state index contributed by atoms with van der Waals surface area (Å²) in [5.41, 5.74) is 9.98. The molecule has 1 aromatic carbocycles. The van der Waals surface area contributed by atoms with Gasteiger partial charge in [-0.15, -0.1) is 11.6 Å². The zero-order valence-corrected chi connectivity index (χ0v) is 14.7. The van der Waals surface area contributed by atoms with Crippen molar-refractivity contribution in [2.75, 3.05) is 12.5 Å². The predicted molar refractivity (Wildman–Crippen MR) is 96.3 cm³/mol. The smallest absolute Gasteiger partial charge is 0.0741 e. The van der Waals surface area contributed by atoms with Crippen LogP contribution in [0.25, 0.3) is 0 Å². The number of aliphatic imine (C=N–C) groups is 1. The van der Waals surface area contributed by atoms with Gasteiger partial charge in [-0.3, -0.25) is 4.99 Å². The molecule has 0 aromatic heterocycles. The number of alkyl halides is 1. The van der Waals surface area contributed by atoms with Gasteiger partial charge in [0.2, 0.25) is 0 Å². The third-order valence-corrected chi connectivity index (χ3v) is 5.44. The van der Waals surface area contributed by atoms with Crippen LogP contribution in [0, 0.1) is 0 Å². The number of benzene rings is 1. The molecule has 1 aromatic rings. The minimum Gasteiger partial charge on any atom is -0.401 e. The minimum absolute atomic E-state index is 0.0462. The second kappa shape index (κ2) is 7.25. The third kappa shape index (κ3) is 3.73. The maximum Gasteiger partial charge on any atom is 0.0741 e. The van der Waals surface area contributed by atoms with E-state index in [1.807, 2.05) is 24.3 Å². The highest BCUT2D eigenvalue weighted by Crippen LogP contribution is 2.40. The van der Waals surface area contributed by atoms with Crippen LogP contribution in [0.15, 0.2) is 40.5 Å². The Morgan fingerprint density at radius 1 is 1.30 bits per heavy atom. The summed E-state index contributed by atoms with van der Waals surface area (Å²) in [5, 5.41) is 0.746. The van der Waals surface area contributed by atoms with Gasteiger partial charge in [0, 0.05) is 29.5 Å². The van der Waals surface area contributed by atoms with Gasteiger partial charge in [0.15, 0.2) is 0 Å².